The highest BCUT2D eigenvalue weighted by atomic mass is 16.2. The van der Waals surface area contributed by atoms with Gasteiger partial charge in [0.1, 0.15) is 5.54 Å². The van der Waals surface area contributed by atoms with Crippen molar-refractivity contribution in [3.63, 3.8) is 0 Å². The molecule has 32 heavy (non-hydrogen) atoms. The maximum atomic E-state index is 12.4. The molecule has 1 saturated heterocycles. The van der Waals surface area contributed by atoms with E-state index < -0.39 is 5.54 Å². The van der Waals surface area contributed by atoms with Crippen LogP contribution < -0.4 is 16.0 Å². The Morgan fingerprint density at radius 3 is 2.59 bits per heavy atom. The molecule has 9 heteroatoms. The minimum atomic E-state index is -0.784. The molecule has 1 fully saturated rings. The molecular weight excluding hydrogens is 406 g/mol. The van der Waals surface area contributed by atoms with Crippen molar-refractivity contribution in [3.8, 4) is 5.69 Å². The van der Waals surface area contributed by atoms with Gasteiger partial charge in [0.05, 0.1) is 5.69 Å². The second-order valence-corrected chi connectivity index (χ2v) is 7.98. The standard InChI is InChI=1S/C23H33N7O2/c1-4-23(3)20(31)29(22(32)28-23)16-6-13-25-21(24-5-2)26-15-12-18-8-10-19(11-9-18)30-17-7-14-27-30/h7-11,14,17H,4-6,12-13,15-16H2,1-3H3,(H,28,32)(H2,24,25,26). The molecular formula is C23H33N7O2. The largest absolute Gasteiger partial charge is 0.357 e. The highest BCUT2D eigenvalue weighted by Gasteiger charge is 2.45. The number of carbonyl (C=O) groups is 2. The fourth-order valence-electron chi connectivity index (χ4n) is 3.51. The number of aliphatic imine (C=N–C) groups is 1. The topological polar surface area (TPSA) is 104 Å². The third-order valence-electron chi connectivity index (χ3n) is 5.62. The quantitative estimate of drug-likeness (QED) is 0.228. The van der Waals surface area contributed by atoms with E-state index in [1.54, 1.807) is 13.1 Å². The van der Waals surface area contributed by atoms with Crippen molar-refractivity contribution in [2.24, 2.45) is 4.99 Å². The van der Waals surface area contributed by atoms with Crippen LogP contribution in [0.15, 0.2) is 47.7 Å². The number of rotatable bonds is 10. The summed E-state index contributed by atoms with van der Waals surface area (Å²) in [6.45, 7) is 8.07. The number of aromatic nitrogens is 2. The molecule has 1 aromatic heterocycles. The van der Waals surface area contributed by atoms with Gasteiger partial charge in [-0.05, 0) is 56.9 Å². The van der Waals surface area contributed by atoms with Crippen LogP contribution >= 0.6 is 0 Å². The second-order valence-electron chi connectivity index (χ2n) is 7.98. The van der Waals surface area contributed by atoms with Crippen molar-refractivity contribution < 1.29 is 9.59 Å². The summed E-state index contributed by atoms with van der Waals surface area (Å²) in [5.41, 5.74) is 1.47. The van der Waals surface area contributed by atoms with Crippen LogP contribution in [0.3, 0.4) is 0 Å². The lowest BCUT2D eigenvalue weighted by Gasteiger charge is -2.19. The molecule has 1 aliphatic heterocycles. The number of urea groups is 1. The average molecular weight is 440 g/mol. The summed E-state index contributed by atoms with van der Waals surface area (Å²) in [6, 6.07) is 9.91. The zero-order valence-electron chi connectivity index (χ0n) is 19.1. The smallest absolute Gasteiger partial charge is 0.325 e. The summed E-state index contributed by atoms with van der Waals surface area (Å²) in [5, 5.41) is 13.6. The molecule has 2 aromatic rings. The van der Waals surface area contributed by atoms with Gasteiger partial charge >= 0.3 is 6.03 Å². The first-order valence-corrected chi connectivity index (χ1v) is 11.2. The van der Waals surface area contributed by atoms with Gasteiger partial charge in [0.25, 0.3) is 5.91 Å². The monoisotopic (exact) mass is 439 g/mol. The summed E-state index contributed by atoms with van der Waals surface area (Å²) in [5.74, 6) is 0.578. The number of carbonyl (C=O) groups excluding carboxylic acids is 2. The van der Waals surface area contributed by atoms with Crippen molar-refractivity contribution in [2.75, 3.05) is 26.2 Å². The van der Waals surface area contributed by atoms with Crippen LogP contribution in [0.2, 0.25) is 0 Å². The Hall–Kier alpha value is -3.36. The summed E-state index contributed by atoms with van der Waals surface area (Å²) in [6.07, 6.45) is 5.74. The van der Waals surface area contributed by atoms with Crippen molar-refractivity contribution in [1.82, 2.24) is 30.6 Å². The van der Waals surface area contributed by atoms with Gasteiger partial charge in [0, 0.05) is 38.6 Å². The van der Waals surface area contributed by atoms with E-state index >= 15 is 0 Å². The Labute approximate surface area is 189 Å². The molecule has 1 aliphatic rings. The fraction of sp³-hybridized carbons (Fsp3) is 0.478. The molecule has 0 radical (unpaired) electrons. The Kier molecular flexibility index (Phi) is 7.86. The van der Waals surface area contributed by atoms with Gasteiger partial charge in [-0.25, -0.2) is 9.48 Å². The van der Waals surface area contributed by atoms with E-state index in [4.69, 9.17) is 0 Å². The van der Waals surface area contributed by atoms with Gasteiger partial charge in [-0.15, -0.1) is 0 Å². The van der Waals surface area contributed by atoms with E-state index in [1.807, 2.05) is 30.8 Å². The van der Waals surface area contributed by atoms with Gasteiger partial charge in [-0.3, -0.25) is 14.7 Å². The van der Waals surface area contributed by atoms with Crippen LogP contribution in [0, 0.1) is 0 Å². The highest BCUT2D eigenvalue weighted by molar-refractivity contribution is 6.06. The number of amides is 3. The summed E-state index contributed by atoms with van der Waals surface area (Å²) in [7, 11) is 0. The van der Waals surface area contributed by atoms with E-state index in [2.05, 4.69) is 50.3 Å². The molecule has 0 aliphatic carbocycles. The van der Waals surface area contributed by atoms with Crippen LogP contribution in [0.5, 0.6) is 0 Å². The van der Waals surface area contributed by atoms with Gasteiger partial charge < -0.3 is 16.0 Å². The molecule has 1 unspecified atom stereocenters. The van der Waals surface area contributed by atoms with Crippen molar-refractivity contribution in [1.29, 1.82) is 0 Å². The zero-order valence-corrected chi connectivity index (χ0v) is 19.1. The highest BCUT2D eigenvalue weighted by Crippen LogP contribution is 2.20. The van der Waals surface area contributed by atoms with Gasteiger partial charge in [0.15, 0.2) is 5.96 Å². The van der Waals surface area contributed by atoms with E-state index in [-0.39, 0.29) is 11.9 Å². The lowest BCUT2D eigenvalue weighted by molar-refractivity contribution is -0.130. The van der Waals surface area contributed by atoms with Gasteiger partial charge in [-0.2, -0.15) is 5.10 Å². The predicted octanol–water partition coefficient (Wildman–Crippen LogP) is 2.08. The maximum Gasteiger partial charge on any atom is 0.325 e. The summed E-state index contributed by atoms with van der Waals surface area (Å²) in [4.78, 5) is 30.4. The maximum absolute atomic E-state index is 12.4. The van der Waals surface area contributed by atoms with Gasteiger partial charge in [-0.1, -0.05) is 19.1 Å². The molecule has 1 aromatic carbocycles. The van der Waals surface area contributed by atoms with E-state index in [9.17, 15) is 9.59 Å². The number of nitrogens with zero attached hydrogens (tertiary/aromatic N) is 4. The predicted molar refractivity (Wildman–Crippen MR) is 125 cm³/mol. The van der Waals surface area contributed by atoms with E-state index in [0.717, 1.165) is 31.2 Å². The van der Waals surface area contributed by atoms with Crippen LogP contribution in [0.25, 0.3) is 5.69 Å². The molecule has 172 valence electrons. The number of imide groups is 1. The lowest BCUT2D eigenvalue weighted by atomic mass is 9.99. The lowest BCUT2D eigenvalue weighted by Crippen LogP contribution is -2.43. The Balaban J connectivity index is 1.44. The SMILES string of the molecule is CCNC(=NCCCN1C(=O)NC(C)(CC)C1=O)NCCc1ccc(-n2cccn2)cc1. The summed E-state index contributed by atoms with van der Waals surface area (Å²) >= 11 is 0. The Morgan fingerprint density at radius 1 is 1.19 bits per heavy atom. The van der Waals surface area contributed by atoms with Crippen LogP contribution in [0.1, 0.15) is 39.2 Å². The summed E-state index contributed by atoms with van der Waals surface area (Å²) < 4.78 is 1.83. The van der Waals surface area contributed by atoms with E-state index in [0.29, 0.717) is 25.9 Å². The first-order valence-electron chi connectivity index (χ1n) is 11.2. The van der Waals surface area contributed by atoms with Crippen molar-refractivity contribution >= 4 is 17.9 Å². The van der Waals surface area contributed by atoms with Crippen molar-refractivity contribution in [3.05, 3.63) is 48.3 Å². The molecule has 0 saturated carbocycles. The molecule has 3 amide bonds. The molecule has 3 N–H and O–H groups in total. The Bertz CT molecular complexity index is 924. The number of nitrogens with one attached hydrogen (secondary N) is 3. The zero-order chi connectivity index (χ0) is 23.0. The number of hydrogen-bond donors (Lipinski definition) is 3. The molecule has 0 bridgehead atoms. The third-order valence-corrected chi connectivity index (χ3v) is 5.62. The number of benzene rings is 1. The molecule has 1 atom stereocenters. The molecule has 0 spiro atoms. The number of hydrogen-bond acceptors (Lipinski definition) is 4. The van der Waals surface area contributed by atoms with Crippen LogP contribution in [-0.2, 0) is 11.2 Å². The minimum absolute atomic E-state index is 0.155. The molecule has 2 heterocycles. The first-order chi connectivity index (χ1) is 15.5. The first kappa shape index (κ1) is 23.3. The van der Waals surface area contributed by atoms with Gasteiger partial charge in [0.2, 0.25) is 0 Å². The molecule has 9 nitrogen and oxygen atoms in total. The fourth-order valence-corrected chi connectivity index (χ4v) is 3.51. The van der Waals surface area contributed by atoms with Crippen molar-refractivity contribution in [2.45, 2.75) is 45.6 Å². The average Bonchev–Trinajstić information content (AvgIpc) is 3.40. The van der Waals surface area contributed by atoms with Crippen LogP contribution in [0.4, 0.5) is 4.79 Å². The minimum Gasteiger partial charge on any atom is -0.357 e. The van der Waals surface area contributed by atoms with Crippen LogP contribution in [-0.4, -0.2) is 64.3 Å². The number of guanidine groups is 1. The second kappa shape index (κ2) is 10.8. The molecule has 3 rings (SSSR count). The Morgan fingerprint density at radius 2 is 1.97 bits per heavy atom. The third kappa shape index (κ3) is 5.66. The van der Waals surface area contributed by atoms with E-state index in [1.165, 1.54) is 10.5 Å². The normalized spacial score (nSPS) is 18.7.